The number of hydrazine groups is 1. The number of nitrogens with two attached hydrogens (primary N) is 2. The highest BCUT2D eigenvalue weighted by Gasteiger charge is 2.52. The van der Waals surface area contributed by atoms with Crippen LogP contribution in [0.1, 0.15) is 51.7 Å². The predicted molar refractivity (Wildman–Crippen MR) is 185 cm³/mol. The van der Waals surface area contributed by atoms with Crippen LogP contribution in [0.4, 0.5) is 5.69 Å². The van der Waals surface area contributed by atoms with Gasteiger partial charge in [0, 0.05) is 77.8 Å². The van der Waals surface area contributed by atoms with Gasteiger partial charge in [0.15, 0.2) is 0 Å². The average molecular weight is 617 g/mol. The quantitative estimate of drug-likeness (QED) is 0.122. The topological polar surface area (TPSA) is 125 Å². The summed E-state index contributed by atoms with van der Waals surface area (Å²) in [6, 6.07) is 5.89. The van der Waals surface area contributed by atoms with E-state index in [1.807, 2.05) is 56.3 Å². The van der Waals surface area contributed by atoms with Crippen LogP contribution in [-0.4, -0.2) is 66.6 Å². The summed E-state index contributed by atoms with van der Waals surface area (Å²) < 4.78 is 0. The molecular weight excluding hydrogens is 572 g/mol. The summed E-state index contributed by atoms with van der Waals surface area (Å²) in [6.45, 7) is 18.3. The van der Waals surface area contributed by atoms with Crippen LogP contribution in [0.25, 0.3) is 5.70 Å². The highest BCUT2D eigenvalue weighted by atomic mass is 35.5. The van der Waals surface area contributed by atoms with Crippen molar-refractivity contribution in [2.75, 3.05) is 39.0 Å². The molecular formula is C34H45ClN8O. The number of likely N-dealkylation sites (N-methyl/N-ethyl adjacent to an activating group) is 1. The minimum Gasteiger partial charge on any atom is -0.398 e. The Morgan fingerprint density at radius 1 is 1.25 bits per heavy atom. The summed E-state index contributed by atoms with van der Waals surface area (Å²) in [5.74, 6) is 0. The third-order valence-corrected chi connectivity index (χ3v) is 8.71. The van der Waals surface area contributed by atoms with Crippen molar-refractivity contribution in [3.05, 3.63) is 99.3 Å². The number of hydrogen-bond acceptors (Lipinski definition) is 9. The van der Waals surface area contributed by atoms with Crippen molar-refractivity contribution >= 4 is 34.9 Å². The zero-order chi connectivity index (χ0) is 32.2. The molecule has 1 aromatic carbocycles. The largest absolute Gasteiger partial charge is 0.398 e. The number of nitroso groups, excluding NO2 is 1. The van der Waals surface area contributed by atoms with E-state index >= 15 is 0 Å². The minimum absolute atomic E-state index is 0.236. The number of halogens is 1. The van der Waals surface area contributed by atoms with Crippen molar-refractivity contribution in [3.63, 3.8) is 0 Å². The maximum Gasteiger partial charge on any atom is 0.116 e. The summed E-state index contributed by atoms with van der Waals surface area (Å²) in [5, 5.41) is 5.15. The first-order chi connectivity index (χ1) is 20.8. The molecule has 0 bridgehead atoms. The lowest BCUT2D eigenvalue weighted by Crippen LogP contribution is -2.62. The number of anilines is 1. The molecule has 2 aliphatic heterocycles. The minimum atomic E-state index is -0.795. The number of hydrogen-bond donors (Lipinski definition) is 3. The molecule has 1 aromatic rings. The molecule has 234 valence electrons. The summed E-state index contributed by atoms with van der Waals surface area (Å²) in [7, 11) is 1.99. The van der Waals surface area contributed by atoms with Gasteiger partial charge < -0.3 is 21.8 Å². The smallest absolute Gasteiger partial charge is 0.116 e. The number of nitrogens with zero attached hydrogens (tertiary/aromatic N) is 5. The molecule has 1 aliphatic carbocycles. The first kappa shape index (κ1) is 33.0. The van der Waals surface area contributed by atoms with Gasteiger partial charge in [0.2, 0.25) is 0 Å². The Labute approximate surface area is 266 Å². The lowest BCUT2D eigenvalue weighted by atomic mass is 9.60. The van der Waals surface area contributed by atoms with Crippen LogP contribution in [0.5, 0.6) is 0 Å². The van der Waals surface area contributed by atoms with Gasteiger partial charge in [0.05, 0.1) is 18.3 Å². The van der Waals surface area contributed by atoms with Gasteiger partial charge in [-0.3, -0.25) is 9.98 Å². The van der Waals surface area contributed by atoms with Gasteiger partial charge in [0.1, 0.15) is 5.54 Å². The standard InChI is InChI=1S/C34H45ClN8O/c1-8-23(3)43-20-34(21-43)14-28(15-34)39-24(4)29(13-27-18-42(7)40-31(27)11-22(2)16-35)32(37)25-9-10-30(36)26(12-25)17-38-19-33(5,6)41-44/h8-13,16-17,28,40H,1,3,14-15,18-21,36-37H2,2,4-7H3/b22-16+,27-13+,31-11+,32-29?,38-17?,39-24?. The van der Waals surface area contributed by atoms with Crippen LogP contribution in [0.3, 0.4) is 0 Å². The van der Waals surface area contributed by atoms with Crippen molar-refractivity contribution in [1.29, 1.82) is 0 Å². The Bertz CT molecular complexity index is 1500. The second-order valence-electron chi connectivity index (χ2n) is 12.9. The van der Waals surface area contributed by atoms with Gasteiger partial charge in [0.25, 0.3) is 0 Å². The Hall–Kier alpha value is -3.95. The molecule has 4 rings (SSSR count). The van der Waals surface area contributed by atoms with Gasteiger partial charge in [-0.25, -0.2) is 5.01 Å². The van der Waals surface area contributed by atoms with Crippen LogP contribution in [0.2, 0.25) is 0 Å². The van der Waals surface area contributed by atoms with Crippen LogP contribution in [0, 0.1) is 10.3 Å². The van der Waals surface area contributed by atoms with Crippen LogP contribution in [0.15, 0.2) is 98.4 Å². The van der Waals surface area contributed by atoms with Crippen molar-refractivity contribution in [3.8, 4) is 0 Å². The van der Waals surface area contributed by atoms with Crippen molar-refractivity contribution in [2.45, 2.75) is 52.1 Å². The van der Waals surface area contributed by atoms with E-state index in [0.29, 0.717) is 23.3 Å². The number of nitrogen functional groups attached to an aromatic ring is 1. The van der Waals surface area contributed by atoms with Crippen LogP contribution >= 0.6 is 11.6 Å². The van der Waals surface area contributed by atoms with Crippen LogP contribution < -0.4 is 16.9 Å². The molecule has 9 nitrogen and oxygen atoms in total. The van der Waals surface area contributed by atoms with Crippen LogP contribution in [-0.2, 0) is 0 Å². The molecule has 2 saturated heterocycles. The lowest BCUT2D eigenvalue weighted by Gasteiger charge is -2.59. The lowest BCUT2D eigenvalue weighted by molar-refractivity contribution is -0.0480. The number of rotatable bonds is 11. The summed E-state index contributed by atoms with van der Waals surface area (Å²) >= 11 is 5.98. The normalized spacial score (nSPS) is 21.8. The monoisotopic (exact) mass is 616 g/mol. The molecule has 3 aliphatic rings. The first-order valence-corrected chi connectivity index (χ1v) is 15.2. The van der Waals surface area contributed by atoms with Gasteiger partial charge in [-0.1, -0.05) is 36.0 Å². The fourth-order valence-electron chi connectivity index (χ4n) is 5.85. The molecule has 10 heteroatoms. The second-order valence-corrected chi connectivity index (χ2v) is 13.1. The molecule has 2 heterocycles. The SMILES string of the molecule is C=CC(=C)N1CC2(CC(N=C(C)C(\C=C3/CN(C)N/C3=C/C(C)=C/Cl)=C(N)c3ccc(N)c(C=NCC(C)(C)N=O)c3)C2)C1. The number of aliphatic imine (C=N–C) groups is 2. The zero-order valence-electron chi connectivity index (χ0n) is 26.5. The van der Waals surface area contributed by atoms with Crippen molar-refractivity contribution < 1.29 is 0 Å². The molecule has 0 radical (unpaired) electrons. The number of nitrogens with one attached hydrogen (secondary N) is 1. The summed E-state index contributed by atoms with van der Waals surface area (Å²) in [4.78, 5) is 23.0. The average Bonchev–Trinajstić information content (AvgIpc) is 3.30. The van der Waals surface area contributed by atoms with Crippen molar-refractivity contribution in [1.82, 2.24) is 15.3 Å². The molecule has 1 saturated carbocycles. The molecule has 0 atom stereocenters. The molecule has 5 N–H and O–H groups in total. The van der Waals surface area contributed by atoms with E-state index in [0.717, 1.165) is 70.9 Å². The summed E-state index contributed by atoms with van der Waals surface area (Å²) in [5.41, 5.74) is 26.1. The maximum atomic E-state index is 11.1. The van der Waals surface area contributed by atoms with E-state index < -0.39 is 5.54 Å². The molecule has 1 spiro atoms. The Kier molecular flexibility index (Phi) is 10.0. The Morgan fingerprint density at radius 2 is 1.95 bits per heavy atom. The fraction of sp³-hybridized carbons (Fsp3) is 0.412. The number of allylic oxidation sites excluding steroid dienone is 5. The third kappa shape index (κ3) is 7.57. The molecule has 0 aromatic heterocycles. The highest BCUT2D eigenvalue weighted by molar-refractivity contribution is 6.25. The van der Waals surface area contributed by atoms with E-state index in [-0.39, 0.29) is 12.6 Å². The predicted octanol–water partition coefficient (Wildman–Crippen LogP) is 5.93. The maximum absolute atomic E-state index is 11.1. The zero-order valence-corrected chi connectivity index (χ0v) is 27.3. The van der Waals surface area contributed by atoms with E-state index in [2.05, 4.69) is 39.7 Å². The third-order valence-electron chi connectivity index (χ3n) is 8.37. The van der Waals surface area contributed by atoms with Gasteiger partial charge >= 0.3 is 0 Å². The van der Waals surface area contributed by atoms with Crippen molar-refractivity contribution in [2.24, 2.45) is 26.3 Å². The summed E-state index contributed by atoms with van der Waals surface area (Å²) in [6.07, 6.45) is 9.71. The second kappa shape index (κ2) is 13.4. The van der Waals surface area contributed by atoms with E-state index in [1.54, 1.807) is 25.6 Å². The molecule has 44 heavy (non-hydrogen) atoms. The van der Waals surface area contributed by atoms with Gasteiger partial charge in [-0.15, -0.1) is 0 Å². The Morgan fingerprint density at radius 3 is 2.59 bits per heavy atom. The number of likely N-dealkylation sites (tertiary alicyclic amines) is 1. The van der Waals surface area contributed by atoms with E-state index in [1.165, 1.54) is 0 Å². The van der Waals surface area contributed by atoms with E-state index in [4.69, 9.17) is 28.1 Å². The fourth-order valence-corrected chi connectivity index (χ4v) is 5.91. The molecule has 0 amide bonds. The highest BCUT2D eigenvalue weighted by Crippen LogP contribution is 2.50. The van der Waals surface area contributed by atoms with E-state index in [9.17, 15) is 4.91 Å². The van der Waals surface area contributed by atoms with Gasteiger partial charge in [-0.05, 0) is 87.6 Å². The first-order valence-electron chi connectivity index (χ1n) is 14.8. The number of benzene rings is 1. The Balaban J connectivity index is 1.69. The molecule has 3 fully saturated rings. The molecule has 0 unspecified atom stereocenters. The van der Waals surface area contributed by atoms with Gasteiger partial charge in [-0.2, -0.15) is 4.91 Å².